The van der Waals surface area contributed by atoms with Gasteiger partial charge in [0.05, 0.1) is 11.2 Å². The van der Waals surface area contributed by atoms with E-state index in [1.54, 1.807) is 18.2 Å². The molecule has 0 radical (unpaired) electrons. The van der Waals surface area contributed by atoms with Gasteiger partial charge in [0.15, 0.2) is 0 Å². The van der Waals surface area contributed by atoms with Crippen molar-refractivity contribution in [3.8, 4) is 5.75 Å². The topological polar surface area (TPSA) is 45.3 Å². The van der Waals surface area contributed by atoms with Gasteiger partial charge in [-0.3, -0.25) is 4.79 Å². The molecule has 4 nitrogen and oxygen atoms in total. The van der Waals surface area contributed by atoms with Crippen LogP contribution in [-0.4, -0.2) is 24.4 Å². The number of fused-ring (bicyclic) bond motifs is 1. The van der Waals surface area contributed by atoms with Crippen molar-refractivity contribution >= 4 is 16.6 Å². The molecule has 0 saturated carbocycles. The van der Waals surface area contributed by atoms with Crippen LogP contribution >= 0.6 is 0 Å². The van der Waals surface area contributed by atoms with Gasteiger partial charge in [-0.15, -0.1) is 13.2 Å². The van der Waals surface area contributed by atoms with Crippen LogP contribution in [0.15, 0.2) is 59.4 Å². The number of alkyl halides is 3. The number of aryl methyl sites for hydroxylation is 1. The molecule has 164 valence electrons. The molecule has 1 saturated heterocycles. The molecule has 1 aliphatic heterocycles. The van der Waals surface area contributed by atoms with Gasteiger partial charge >= 0.3 is 6.36 Å². The molecule has 0 spiro atoms. The Morgan fingerprint density at radius 3 is 2.45 bits per heavy atom. The Balaban J connectivity index is 1.27. The van der Waals surface area contributed by atoms with Gasteiger partial charge in [0.2, 0.25) is 5.56 Å². The lowest BCUT2D eigenvalue weighted by molar-refractivity contribution is -0.274. The van der Waals surface area contributed by atoms with Gasteiger partial charge in [0.1, 0.15) is 5.75 Å². The maximum absolute atomic E-state index is 12.2. The Hall–Kier alpha value is -2.96. The second-order valence-electron chi connectivity index (χ2n) is 8.08. The smallest absolute Gasteiger partial charge is 0.406 e. The van der Waals surface area contributed by atoms with Crippen LogP contribution in [-0.2, 0) is 6.42 Å². The van der Waals surface area contributed by atoms with E-state index >= 15 is 0 Å². The number of aromatic amines is 1. The van der Waals surface area contributed by atoms with Crippen LogP contribution in [0.2, 0.25) is 0 Å². The lowest BCUT2D eigenvalue weighted by Crippen LogP contribution is -2.34. The molecule has 7 heteroatoms. The molecule has 1 aliphatic rings. The van der Waals surface area contributed by atoms with Crippen molar-refractivity contribution in [2.75, 3.05) is 18.0 Å². The van der Waals surface area contributed by atoms with Crippen LogP contribution in [0.5, 0.6) is 5.75 Å². The molecular formula is C24H25F3N2O2. The highest BCUT2D eigenvalue weighted by Crippen LogP contribution is 2.30. The van der Waals surface area contributed by atoms with Gasteiger partial charge in [0, 0.05) is 24.5 Å². The number of benzene rings is 2. The number of hydrogen-bond acceptors (Lipinski definition) is 3. The second-order valence-corrected chi connectivity index (χ2v) is 8.08. The normalized spacial score (nSPS) is 15.4. The molecule has 3 aromatic rings. The fraction of sp³-hybridized carbons (Fsp3) is 0.375. The first kappa shape index (κ1) is 21.3. The Morgan fingerprint density at radius 1 is 1.03 bits per heavy atom. The van der Waals surface area contributed by atoms with Crippen LogP contribution in [0.25, 0.3) is 10.9 Å². The number of rotatable bonds is 6. The number of halogens is 3. The third kappa shape index (κ3) is 5.60. The van der Waals surface area contributed by atoms with E-state index in [2.05, 4.69) is 14.6 Å². The predicted molar refractivity (Wildman–Crippen MR) is 116 cm³/mol. The van der Waals surface area contributed by atoms with Crippen molar-refractivity contribution in [3.63, 3.8) is 0 Å². The lowest BCUT2D eigenvalue weighted by Gasteiger charge is -2.34. The van der Waals surface area contributed by atoms with E-state index in [1.165, 1.54) is 12.1 Å². The van der Waals surface area contributed by atoms with Crippen molar-refractivity contribution in [1.82, 2.24) is 4.98 Å². The minimum Gasteiger partial charge on any atom is -0.406 e. The van der Waals surface area contributed by atoms with Gasteiger partial charge in [0.25, 0.3) is 0 Å². The first-order chi connectivity index (χ1) is 14.9. The zero-order valence-electron chi connectivity index (χ0n) is 17.1. The third-order valence-electron chi connectivity index (χ3n) is 5.92. The summed E-state index contributed by atoms with van der Waals surface area (Å²) in [6, 6.07) is 15.7. The maximum Gasteiger partial charge on any atom is 0.573 e. The van der Waals surface area contributed by atoms with Crippen LogP contribution < -0.4 is 15.2 Å². The number of nitrogens with one attached hydrogen (secondary N) is 1. The van der Waals surface area contributed by atoms with Gasteiger partial charge in [-0.25, -0.2) is 0 Å². The Labute approximate surface area is 178 Å². The molecular weight excluding hydrogens is 405 g/mol. The zero-order valence-corrected chi connectivity index (χ0v) is 17.1. The molecule has 31 heavy (non-hydrogen) atoms. The van der Waals surface area contributed by atoms with E-state index in [1.807, 2.05) is 24.3 Å². The summed E-state index contributed by atoms with van der Waals surface area (Å²) in [5.41, 5.74) is 2.79. The molecule has 0 aliphatic carbocycles. The molecule has 0 unspecified atom stereocenters. The molecule has 0 amide bonds. The predicted octanol–water partition coefficient (Wildman–Crippen LogP) is 5.67. The van der Waals surface area contributed by atoms with Crippen molar-refractivity contribution in [1.29, 1.82) is 0 Å². The van der Waals surface area contributed by atoms with E-state index in [0.717, 1.165) is 67.3 Å². The lowest BCUT2D eigenvalue weighted by atomic mass is 9.90. The number of aromatic nitrogens is 1. The fourth-order valence-electron chi connectivity index (χ4n) is 4.36. The van der Waals surface area contributed by atoms with Crippen molar-refractivity contribution in [3.05, 3.63) is 70.5 Å². The Kier molecular flexibility index (Phi) is 6.20. The number of para-hydroxylation sites is 1. The van der Waals surface area contributed by atoms with Crippen molar-refractivity contribution in [2.24, 2.45) is 5.92 Å². The first-order valence-corrected chi connectivity index (χ1v) is 10.6. The van der Waals surface area contributed by atoms with Crippen LogP contribution in [0.4, 0.5) is 18.9 Å². The van der Waals surface area contributed by atoms with Crippen molar-refractivity contribution in [2.45, 2.75) is 38.5 Å². The monoisotopic (exact) mass is 430 g/mol. The number of nitrogens with zero attached hydrogens (tertiary/aromatic N) is 1. The van der Waals surface area contributed by atoms with Crippen LogP contribution in [0.1, 0.15) is 31.2 Å². The highest BCUT2D eigenvalue weighted by Gasteiger charge is 2.31. The SMILES string of the molecule is O=c1cc(N2CCC(CCCc3ccc(OC(F)(F)F)cc3)CC2)c2ccccc2[nH]1. The van der Waals surface area contributed by atoms with E-state index in [0.29, 0.717) is 5.92 Å². The van der Waals surface area contributed by atoms with Gasteiger partial charge in [-0.2, -0.15) is 0 Å². The van der Waals surface area contributed by atoms with Crippen LogP contribution in [0.3, 0.4) is 0 Å². The van der Waals surface area contributed by atoms with E-state index in [9.17, 15) is 18.0 Å². The molecule has 0 bridgehead atoms. The summed E-state index contributed by atoms with van der Waals surface area (Å²) in [4.78, 5) is 17.2. The third-order valence-corrected chi connectivity index (χ3v) is 5.92. The number of piperidine rings is 1. The number of pyridine rings is 1. The van der Waals surface area contributed by atoms with E-state index < -0.39 is 6.36 Å². The van der Waals surface area contributed by atoms with E-state index in [-0.39, 0.29) is 11.3 Å². The number of H-pyrrole nitrogens is 1. The second kappa shape index (κ2) is 9.04. The Morgan fingerprint density at radius 2 is 1.74 bits per heavy atom. The molecule has 1 N–H and O–H groups in total. The summed E-state index contributed by atoms with van der Waals surface area (Å²) in [5.74, 6) is 0.438. The fourth-order valence-corrected chi connectivity index (χ4v) is 4.36. The number of ether oxygens (including phenoxy) is 1. The first-order valence-electron chi connectivity index (χ1n) is 10.6. The average molecular weight is 430 g/mol. The minimum absolute atomic E-state index is 0.0810. The molecule has 4 rings (SSSR count). The number of hydrogen-bond donors (Lipinski definition) is 1. The Bertz CT molecular complexity index is 1070. The maximum atomic E-state index is 12.2. The van der Waals surface area contributed by atoms with Gasteiger partial charge in [-0.1, -0.05) is 30.3 Å². The quantitative estimate of drug-likeness (QED) is 0.548. The molecule has 2 heterocycles. The molecule has 1 aromatic heterocycles. The van der Waals surface area contributed by atoms with E-state index in [4.69, 9.17) is 0 Å². The minimum atomic E-state index is -4.66. The summed E-state index contributed by atoms with van der Waals surface area (Å²) in [5, 5.41) is 1.07. The summed E-state index contributed by atoms with van der Waals surface area (Å²) in [6.45, 7) is 1.84. The highest BCUT2D eigenvalue weighted by molar-refractivity contribution is 5.91. The summed E-state index contributed by atoms with van der Waals surface area (Å²) < 4.78 is 40.6. The van der Waals surface area contributed by atoms with Crippen LogP contribution in [0, 0.1) is 5.92 Å². The summed E-state index contributed by atoms with van der Waals surface area (Å²) in [6.07, 6.45) is 0.406. The number of anilines is 1. The summed E-state index contributed by atoms with van der Waals surface area (Å²) in [7, 11) is 0. The molecule has 2 aromatic carbocycles. The zero-order chi connectivity index (χ0) is 21.8. The average Bonchev–Trinajstić information content (AvgIpc) is 2.74. The van der Waals surface area contributed by atoms with Crippen molar-refractivity contribution < 1.29 is 17.9 Å². The standard InChI is InChI=1S/C24H25F3N2O2/c25-24(26,27)31-19-10-8-17(9-11-19)4-3-5-18-12-14-29(15-13-18)22-16-23(30)28-21-7-2-1-6-20(21)22/h1-2,6-11,16,18H,3-5,12-15H2,(H,28,30). The van der Waals surface area contributed by atoms with Gasteiger partial charge in [-0.05, 0) is 61.8 Å². The largest absolute Gasteiger partial charge is 0.573 e. The highest BCUT2D eigenvalue weighted by atomic mass is 19.4. The molecule has 1 fully saturated rings. The summed E-state index contributed by atoms with van der Waals surface area (Å²) >= 11 is 0. The molecule has 0 atom stereocenters. The van der Waals surface area contributed by atoms with Gasteiger partial charge < -0.3 is 14.6 Å².